The van der Waals surface area contributed by atoms with Gasteiger partial charge in [-0.25, -0.2) is 0 Å². The highest BCUT2D eigenvalue weighted by atomic mass is 16.5. The number of aliphatic imine (C=N–C) groups is 1. The zero-order valence-electron chi connectivity index (χ0n) is 14.1. The molecule has 2 atom stereocenters. The van der Waals surface area contributed by atoms with Crippen molar-refractivity contribution in [3.8, 4) is 0 Å². The van der Waals surface area contributed by atoms with E-state index >= 15 is 0 Å². The van der Waals surface area contributed by atoms with E-state index in [1.807, 2.05) is 7.05 Å². The fourth-order valence-electron chi connectivity index (χ4n) is 3.30. The van der Waals surface area contributed by atoms with Crippen molar-refractivity contribution in [1.82, 2.24) is 15.1 Å². The molecular formula is C16H32N4O. The maximum Gasteiger partial charge on any atom is 0.193 e. The Kier molecular flexibility index (Phi) is 6.30. The molecular weight excluding hydrogens is 264 g/mol. The Hall–Kier alpha value is -0.810. The molecule has 0 aromatic rings. The summed E-state index contributed by atoms with van der Waals surface area (Å²) in [7, 11) is 1.89. The number of hydrogen-bond acceptors (Lipinski definition) is 3. The van der Waals surface area contributed by atoms with Gasteiger partial charge in [-0.05, 0) is 32.6 Å². The first-order valence-corrected chi connectivity index (χ1v) is 8.41. The lowest BCUT2D eigenvalue weighted by Crippen LogP contribution is -2.54. The van der Waals surface area contributed by atoms with E-state index in [9.17, 15) is 0 Å². The quantitative estimate of drug-likeness (QED) is 0.631. The summed E-state index contributed by atoms with van der Waals surface area (Å²) in [6.45, 7) is 12.8. The van der Waals surface area contributed by atoms with Crippen molar-refractivity contribution in [2.24, 2.45) is 10.9 Å². The number of hydrogen-bond donors (Lipinski definition) is 1. The predicted molar refractivity (Wildman–Crippen MR) is 87.8 cm³/mol. The van der Waals surface area contributed by atoms with Gasteiger partial charge in [0.15, 0.2) is 5.96 Å². The Morgan fingerprint density at radius 2 is 2.00 bits per heavy atom. The van der Waals surface area contributed by atoms with E-state index in [2.05, 4.69) is 40.9 Å². The summed E-state index contributed by atoms with van der Waals surface area (Å²) in [5.41, 5.74) is 0. The second kappa shape index (κ2) is 7.99. The van der Waals surface area contributed by atoms with Crippen LogP contribution in [0.25, 0.3) is 0 Å². The smallest absolute Gasteiger partial charge is 0.193 e. The Bertz CT molecular complexity index is 339. The van der Waals surface area contributed by atoms with Crippen LogP contribution in [0.2, 0.25) is 0 Å². The van der Waals surface area contributed by atoms with Gasteiger partial charge in [0.2, 0.25) is 0 Å². The molecule has 0 amide bonds. The maximum atomic E-state index is 5.52. The molecule has 5 heteroatoms. The average molecular weight is 296 g/mol. The minimum atomic E-state index is 0.504. The first kappa shape index (κ1) is 16.6. The summed E-state index contributed by atoms with van der Waals surface area (Å²) in [5, 5.41) is 3.57. The van der Waals surface area contributed by atoms with Crippen molar-refractivity contribution in [3.05, 3.63) is 0 Å². The maximum absolute atomic E-state index is 5.52. The van der Waals surface area contributed by atoms with Gasteiger partial charge in [0.1, 0.15) is 0 Å². The van der Waals surface area contributed by atoms with Crippen LogP contribution in [-0.2, 0) is 4.74 Å². The summed E-state index contributed by atoms with van der Waals surface area (Å²) >= 11 is 0. The fraction of sp³-hybridized carbons (Fsp3) is 0.938. The van der Waals surface area contributed by atoms with Crippen LogP contribution in [0.3, 0.4) is 0 Å². The molecule has 2 saturated heterocycles. The van der Waals surface area contributed by atoms with Gasteiger partial charge in [-0.3, -0.25) is 9.89 Å². The van der Waals surface area contributed by atoms with Crippen molar-refractivity contribution < 1.29 is 4.74 Å². The van der Waals surface area contributed by atoms with Crippen molar-refractivity contribution in [3.63, 3.8) is 0 Å². The molecule has 5 nitrogen and oxygen atoms in total. The lowest BCUT2D eigenvalue weighted by Gasteiger charge is -2.39. The Labute approximate surface area is 129 Å². The number of rotatable bonds is 3. The predicted octanol–water partition coefficient (Wildman–Crippen LogP) is 1.40. The molecule has 122 valence electrons. The van der Waals surface area contributed by atoms with Crippen LogP contribution in [-0.4, -0.2) is 74.3 Å². The molecule has 2 aliphatic heterocycles. The van der Waals surface area contributed by atoms with Gasteiger partial charge < -0.3 is 15.0 Å². The second-order valence-electron chi connectivity index (χ2n) is 6.61. The molecule has 0 radical (unpaired) electrons. The zero-order chi connectivity index (χ0) is 15.2. The zero-order valence-corrected chi connectivity index (χ0v) is 14.1. The van der Waals surface area contributed by atoms with Crippen LogP contribution in [0.1, 0.15) is 33.6 Å². The molecule has 0 spiro atoms. The molecule has 0 aromatic heterocycles. The van der Waals surface area contributed by atoms with Crippen LogP contribution in [0, 0.1) is 5.92 Å². The van der Waals surface area contributed by atoms with Gasteiger partial charge in [-0.1, -0.05) is 6.92 Å². The highest BCUT2D eigenvalue weighted by Crippen LogP contribution is 2.16. The van der Waals surface area contributed by atoms with Gasteiger partial charge in [-0.15, -0.1) is 0 Å². The van der Waals surface area contributed by atoms with E-state index in [1.165, 1.54) is 12.8 Å². The number of likely N-dealkylation sites (tertiary alicyclic amines) is 1. The summed E-state index contributed by atoms with van der Waals surface area (Å²) < 4.78 is 5.52. The van der Waals surface area contributed by atoms with Gasteiger partial charge in [0.25, 0.3) is 0 Å². The average Bonchev–Trinajstić information content (AvgIpc) is 2.49. The van der Waals surface area contributed by atoms with Crippen LogP contribution in [0.5, 0.6) is 0 Å². The van der Waals surface area contributed by atoms with Crippen molar-refractivity contribution in [2.45, 2.75) is 45.7 Å². The van der Waals surface area contributed by atoms with Gasteiger partial charge in [-0.2, -0.15) is 0 Å². The number of guanidine groups is 1. The van der Waals surface area contributed by atoms with Gasteiger partial charge in [0.05, 0.1) is 13.2 Å². The third-order valence-electron chi connectivity index (χ3n) is 4.84. The normalized spacial score (nSPS) is 27.7. The van der Waals surface area contributed by atoms with Crippen LogP contribution >= 0.6 is 0 Å². The molecule has 2 aliphatic rings. The standard InChI is InChI=1S/C16H32N4O/c1-13-5-7-19(8-6-13)16(17-4)18-11-14(2)20-9-10-21-12-15(20)3/h13-15H,5-12H2,1-4H3,(H,17,18). The molecule has 2 fully saturated rings. The van der Waals surface area contributed by atoms with E-state index in [4.69, 9.17) is 4.74 Å². The van der Waals surface area contributed by atoms with E-state index in [0.29, 0.717) is 12.1 Å². The monoisotopic (exact) mass is 296 g/mol. The molecule has 2 unspecified atom stereocenters. The summed E-state index contributed by atoms with van der Waals surface area (Å²) in [5.74, 6) is 1.92. The number of piperidine rings is 1. The van der Waals surface area contributed by atoms with E-state index in [1.54, 1.807) is 0 Å². The minimum Gasteiger partial charge on any atom is -0.379 e. The molecule has 0 aromatic carbocycles. The molecule has 0 aliphatic carbocycles. The van der Waals surface area contributed by atoms with Gasteiger partial charge in [0, 0.05) is 45.3 Å². The van der Waals surface area contributed by atoms with Crippen molar-refractivity contribution in [2.75, 3.05) is 46.4 Å². The van der Waals surface area contributed by atoms with Crippen LogP contribution in [0.4, 0.5) is 0 Å². The molecule has 0 saturated carbocycles. The number of morpholine rings is 1. The lowest BCUT2D eigenvalue weighted by molar-refractivity contribution is -0.0175. The van der Waals surface area contributed by atoms with Crippen molar-refractivity contribution in [1.29, 1.82) is 0 Å². The number of ether oxygens (including phenoxy) is 1. The molecule has 21 heavy (non-hydrogen) atoms. The van der Waals surface area contributed by atoms with Crippen LogP contribution < -0.4 is 5.32 Å². The third kappa shape index (κ3) is 4.58. The molecule has 0 bridgehead atoms. The molecule has 1 N–H and O–H groups in total. The third-order valence-corrected chi connectivity index (χ3v) is 4.84. The molecule has 2 heterocycles. The fourth-order valence-corrected chi connectivity index (χ4v) is 3.30. The minimum absolute atomic E-state index is 0.504. The number of nitrogens with one attached hydrogen (secondary N) is 1. The summed E-state index contributed by atoms with van der Waals surface area (Å²) in [4.78, 5) is 9.39. The van der Waals surface area contributed by atoms with E-state index < -0.39 is 0 Å². The lowest BCUT2D eigenvalue weighted by atomic mass is 9.99. The second-order valence-corrected chi connectivity index (χ2v) is 6.61. The molecule has 2 rings (SSSR count). The van der Waals surface area contributed by atoms with E-state index in [0.717, 1.165) is 51.3 Å². The summed E-state index contributed by atoms with van der Waals surface area (Å²) in [6, 6.07) is 1.01. The van der Waals surface area contributed by atoms with Crippen LogP contribution in [0.15, 0.2) is 4.99 Å². The highest BCUT2D eigenvalue weighted by molar-refractivity contribution is 5.80. The first-order valence-electron chi connectivity index (χ1n) is 8.41. The van der Waals surface area contributed by atoms with E-state index in [-0.39, 0.29) is 0 Å². The Morgan fingerprint density at radius 3 is 2.62 bits per heavy atom. The van der Waals surface area contributed by atoms with Crippen molar-refractivity contribution >= 4 is 5.96 Å². The first-order chi connectivity index (χ1) is 10.1. The topological polar surface area (TPSA) is 40.1 Å². The summed E-state index contributed by atoms with van der Waals surface area (Å²) in [6.07, 6.45) is 2.55. The SMILES string of the molecule is CN=C(NCC(C)N1CCOCC1C)N1CCC(C)CC1. The largest absolute Gasteiger partial charge is 0.379 e. The highest BCUT2D eigenvalue weighted by Gasteiger charge is 2.24. The van der Waals surface area contributed by atoms with Gasteiger partial charge >= 0.3 is 0 Å². The Morgan fingerprint density at radius 1 is 1.29 bits per heavy atom. The number of nitrogens with zero attached hydrogens (tertiary/aromatic N) is 3. The Balaban J connectivity index is 1.79.